The zero-order valence-electron chi connectivity index (χ0n) is 10.2. The molecule has 1 aromatic heterocycles. The van der Waals surface area contributed by atoms with Crippen LogP contribution in [0.15, 0.2) is 18.2 Å². The van der Waals surface area contributed by atoms with Crippen LogP contribution < -0.4 is 0 Å². The third kappa shape index (κ3) is 2.61. The fourth-order valence-corrected chi connectivity index (χ4v) is 2.45. The number of aryl methyl sites for hydroxylation is 2. The molecule has 0 saturated carbocycles. The maximum atomic E-state index is 13.0. The molecule has 0 unspecified atom stereocenters. The van der Waals surface area contributed by atoms with Crippen molar-refractivity contribution in [2.24, 2.45) is 0 Å². The van der Waals surface area contributed by atoms with Crippen LogP contribution in [0, 0.1) is 12.7 Å². The van der Waals surface area contributed by atoms with Crippen LogP contribution >= 0.6 is 11.5 Å². The molecule has 1 aromatic carbocycles. The molecule has 0 bridgehead atoms. The summed E-state index contributed by atoms with van der Waals surface area (Å²) in [4.78, 5) is 12.7. The Kier molecular flexibility index (Phi) is 3.81. The lowest BCUT2D eigenvalue weighted by Crippen LogP contribution is -2.06. The minimum absolute atomic E-state index is 0.00319. The number of rotatable bonds is 4. The molecule has 0 aliphatic rings. The first kappa shape index (κ1) is 12.8. The van der Waals surface area contributed by atoms with Crippen molar-refractivity contribution in [3.63, 3.8) is 0 Å². The summed E-state index contributed by atoms with van der Waals surface area (Å²) >= 11 is 1.13. The van der Waals surface area contributed by atoms with Crippen LogP contribution in [-0.4, -0.2) is 15.4 Å². The Balaban J connectivity index is 2.21. The highest BCUT2D eigenvalue weighted by Crippen LogP contribution is 2.17. The molecule has 2 rings (SSSR count). The standard InChI is InChI=1S/C13H13FN2OS/c1-3-11-13(18-16-15-11)12(17)7-9-4-5-10(14)6-8(9)2/h4-6H,3,7H2,1-2H3. The Morgan fingerprint density at radius 3 is 2.89 bits per heavy atom. The number of halogens is 1. The molecule has 18 heavy (non-hydrogen) atoms. The first-order valence-corrected chi connectivity index (χ1v) is 6.48. The summed E-state index contributed by atoms with van der Waals surface area (Å²) in [6.45, 7) is 3.74. The predicted molar refractivity (Wildman–Crippen MR) is 68.5 cm³/mol. The van der Waals surface area contributed by atoms with E-state index in [1.54, 1.807) is 13.0 Å². The molecule has 5 heteroatoms. The summed E-state index contributed by atoms with van der Waals surface area (Å²) in [6, 6.07) is 4.47. The molecule has 0 radical (unpaired) electrons. The number of benzene rings is 1. The lowest BCUT2D eigenvalue weighted by Gasteiger charge is -2.04. The van der Waals surface area contributed by atoms with E-state index in [1.165, 1.54) is 12.1 Å². The Hall–Kier alpha value is -1.62. The van der Waals surface area contributed by atoms with Gasteiger partial charge in [-0.15, -0.1) is 5.10 Å². The molecular weight excluding hydrogens is 251 g/mol. The van der Waals surface area contributed by atoms with Crippen molar-refractivity contribution in [2.75, 3.05) is 0 Å². The normalized spacial score (nSPS) is 10.6. The average Bonchev–Trinajstić information content (AvgIpc) is 2.81. The van der Waals surface area contributed by atoms with Crippen molar-refractivity contribution in [2.45, 2.75) is 26.7 Å². The van der Waals surface area contributed by atoms with E-state index in [2.05, 4.69) is 9.59 Å². The lowest BCUT2D eigenvalue weighted by molar-refractivity contribution is 0.0995. The molecule has 2 aromatic rings. The zero-order valence-corrected chi connectivity index (χ0v) is 11.1. The molecule has 3 nitrogen and oxygen atoms in total. The van der Waals surface area contributed by atoms with Crippen LogP contribution in [0.25, 0.3) is 0 Å². The maximum absolute atomic E-state index is 13.0. The van der Waals surface area contributed by atoms with Gasteiger partial charge in [-0.25, -0.2) is 4.39 Å². The van der Waals surface area contributed by atoms with Gasteiger partial charge in [-0.1, -0.05) is 17.5 Å². The van der Waals surface area contributed by atoms with Crippen molar-refractivity contribution in [3.8, 4) is 0 Å². The Morgan fingerprint density at radius 1 is 1.44 bits per heavy atom. The van der Waals surface area contributed by atoms with E-state index in [-0.39, 0.29) is 18.0 Å². The quantitative estimate of drug-likeness (QED) is 0.797. The summed E-state index contributed by atoms with van der Waals surface area (Å²) in [7, 11) is 0. The second-order valence-electron chi connectivity index (χ2n) is 4.07. The molecular formula is C13H13FN2OS. The highest BCUT2D eigenvalue weighted by atomic mass is 32.1. The summed E-state index contributed by atoms with van der Waals surface area (Å²) in [5, 5.41) is 3.92. The van der Waals surface area contributed by atoms with Gasteiger partial charge in [0.05, 0.1) is 5.69 Å². The van der Waals surface area contributed by atoms with E-state index in [1.807, 2.05) is 6.92 Å². The average molecular weight is 264 g/mol. The lowest BCUT2D eigenvalue weighted by atomic mass is 10.0. The van der Waals surface area contributed by atoms with E-state index in [0.717, 1.165) is 28.4 Å². The third-order valence-electron chi connectivity index (χ3n) is 2.80. The van der Waals surface area contributed by atoms with Crippen molar-refractivity contribution in [1.29, 1.82) is 0 Å². The fraction of sp³-hybridized carbons (Fsp3) is 0.308. The van der Waals surface area contributed by atoms with Gasteiger partial charge in [-0.3, -0.25) is 4.79 Å². The van der Waals surface area contributed by atoms with Crippen LogP contribution in [-0.2, 0) is 12.8 Å². The van der Waals surface area contributed by atoms with Gasteiger partial charge in [0.1, 0.15) is 10.7 Å². The topological polar surface area (TPSA) is 42.9 Å². The van der Waals surface area contributed by atoms with Crippen molar-refractivity contribution < 1.29 is 9.18 Å². The van der Waals surface area contributed by atoms with Gasteiger partial charge in [-0.05, 0) is 48.1 Å². The van der Waals surface area contributed by atoms with Crippen LogP contribution in [0.2, 0.25) is 0 Å². The van der Waals surface area contributed by atoms with Crippen molar-refractivity contribution in [1.82, 2.24) is 9.59 Å². The molecule has 0 amide bonds. The number of hydrogen-bond donors (Lipinski definition) is 0. The number of carbonyl (C=O) groups is 1. The molecule has 0 N–H and O–H groups in total. The molecule has 0 fully saturated rings. The number of nitrogens with zero attached hydrogens (tertiary/aromatic N) is 2. The Bertz CT molecular complexity index is 580. The van der Waals surface area contributed by atoms with Crippen LogP contribution in [0.3, 0.4) is 0 Å². The van der Waals surface area contributed by atoms with E-state index < -0.39 is 0 Å². The minimum Gasteiger partial charge on any atom is -0.293 e. The maximum Gasteiger partial charge on any atom is 0.180 e. The van der Waals surface area contributed by atoms with Gasteiger partial charge in [0.25, 0.3) is 0 Å². The number of hydrogen-bond acceptors (Lipinski definition) is 4. The second-order valence-corrected chi connectivity index (χ2v) is 4.83. The first-order valence-electron chi connectivity index (χ1n) is 5.71. The van der Waals surface area contributed by atoms with Gasteiger partial charge in [0.15, 0.2) is 5.78 Å². The van der Waals surface area contributed by atoms with Crippen molar-refractivity contribution >= 4 is 17.3 Å². The van der Waals surface area contributed by atoms with Gasteiger partial charge in [0, 0.05) is 6.42 Å². The highest BCUT2D eigenvalue weighted by Gasteiger charge is 2.16. The highest BCUT2D eigenvalue weighted by molar-refractivity contribution is 7.08. The second kappa shape index (κ2) is 5.35. The molecule has 0 aliphatic heterocycles. The van der Waals surface area contributed by atoms with Crippen LogP contribution in [0.1, 0.15) is 33.4 Å². The largest absolute Gasteiger partial charge is 0.293 e. The van der Waals surface area contributed by atoms with Crippen LogP contribution in [0.5, 0.6) is 0 Å². The summed E-state index contributed by atoms with van der Waals surface area (Å²) in [5.74, 6) is -0.283. The van der Waals surface area contributed by atoms with Gasteiger partial charge >= 0.3 is 0 Å². The smallest absolute Gasteiger partial charge is 0.180 e. The number of carbonyl (C=O) groups excluding carboxylic acids is 1. The number of aromatic nitrogens is 2. The predicted octanol–water partition coefficient (Wildman–Crippen LogP) is 2.97. The SMILES string of the molecule is CCc1nnsc1C(=O)Cc1ccc(F)cc1C. The first-order chi connectivity index (χ1) is 8.61. The summed E-state index contributed by atoms with van der Waals surface area (Å²) in [5.41, 5.74) is 2.38. The Labute approximate surface area is 109 Å². The molecule has 0 saturated heterocycles. The molecule has 0 aliphatic carbocycles. The monoisotopic (exact) mass is 264 g/mol. The van der Waals surface area contributed by atoms with Crippen LogP contribution in [0.4, 0.5) is 4.39 Å². The Morgan fingerprint density at radius 2 is 2.22 bits per heavy atom. The molecule has 0 atom stereocenters. The molecule has 94 valence electrons. The number of ketones is 1. The fourth-order valence-electron chi connectivity index (χ4n) is 1.76. The van der Waals surface area contributed by atoms with E-state index >= 15 is 0 Å². The van der Waals surface area contributed by atoms with Gasteiger partial charge in [0.2, 0.25) is 0 Å². The van der Waals surface area contributed by atoms with E-state index in [4.69, 9.17) is 0 Å². The number of Topliss-reactive ketones (excluding diaryl/α,β-unsaturated/α-hetero) is 1. The van der Waals surface area contributed by atoms with Gasteiger partial charge in [-0.2, -0.15) is 0 Å². The molecule has 0 spiro atoms. The summed E-state index contributed by atoms with van der Waals surface area (Å²) < 4.78 is 16.8. The van der Waals surface area contributed by atoms with E-state index in [9.17, 15) is 9.18 Å². The zero-order chi connectivity index (χ0) is 13.1. The summed E-state index contributed by atoms with van der Waals surface area (Å²) in [6.07, 6.45) is 0.961. The van der Waals surface area contributed by atoms with Crippen molar-refractivity contribution in [3.05, 3.63) is 45.7 Å². The van der Waals surface area contributed by atoms with E-state index in [0.29, 0.717) is 11.3 Å². The van der Waals surface area contributed by atoms with Gasteiger partial charge < -0.3 is 0 Å². The third-order valence-corrected chi connectivity index (χ3v) is 3.61. The molecule has 1 heterocycles. The minimum atomic E-state index is -0.280.